The van der Waals surface area contributed by atoms with Gasteiger partial charge in [0, 0.05) is 0 Å². The average molecular weight is 313 g/mol. The molecule has 23 heavy (non-hydrogen) atoms. The van der Waals surface area contributed by atoms with Gasteiger partial charge in [0.15, 0.2) is 0 Å². The molecule has 2 bridgehead atoms. The highest BCUT2D eigenvalue weighted by Gasteiger charge is 2.39. The first kappa shape index (κ1) is 17.1. The van der Waals surface area contributed by atoms with Crippen molar-refractivity contribution in [2.75, 3.05) is 0 Å². The van der Waals surface area contributed by atoms with Gasteiger partial charge in [0.05, 0.1) is 0 Å². The lowest BCUT2D eigenvalue weighted by atomic mass is 9.59. The number of hydrogen-bond donors (Lipinski definition) is 0. The zero-order valence-corrected chi connectivity index (χ0v) is 15.4. The van der Waals surface area contributed by atoms with Crippen molar-refractivity contribution < 1.29 is 0 Å². The second kappa shape index (κ2) is 7.86. The van der Waals surface area contributed by atoms with Crippen LogP contribution in [0.2, 0.25) is 0 Å². The zero-order valence-electron chi connectivity index (χ0n) is 15.4. The number of benzene rings is 1. The van der Waals surface area contributed by atoms with E-state index in [0.29, 0.717) is 5.41 Å². The summed E-state index contributed by atoms with van der Waals surface area (Å²) in [5, 5.41) is 0. The molecule has 0 saturated heterocycles. The van der Waals surface area contributed by atoms with Gasteiger partial charge in [0.2, 0.25) is 0 Å². The van der Waals surface area contributed by atoms with Gasteiger partial charge in [-0.3, -0.25) is 0 Å². The van der Waals surface area contributed by atoms with Gasteiger partial charge < -0.3 is 0 Å². The Morgan fingerprint density at radius 1 is 0.652 bits per heavy atom. The first-order valence-corrected chi connectivity index (χ1v) is 10.2. The fourth-order valence-electron chi connectivity index (χ4n) is 5.36. The van der Waals surface area contributed by atoms with E-state index >= 15 is 0 Å². The molecule has 0 nitrogen and oxygen atoms in total. The predicted molar refractivity (Wildman–Crippen MR) is 101 cm³/mol. The third-order valence-corrected chi connectivity index (χ3v) is 7.08. The fourth-order valence-corrected chi connectivity index (χ4v) is 5.36. The maximum absolute atomic E-state index is 2.53. The summed E-state index contributed by atoms with van der Waals surface area (Å²) in [6.07, 6.45) is 17.5. The van der Waals surface area contributed by atoms with Gasteiger partial charge in [-0.25, -0.2) is 0 Å². The molecule has 0 N–H and O–H groups in total. The van der Waals surface area contributed by atoms with Gasteiger partial charge in [-0.1, -0.05) is 63.8 Å². The maximum Gasteiger partial charge on any atom is -0.0276 e. The van der Waals surface area contributed by atoms with Crippen LogP contribution in [-0.2, 0) is 12.8 Å². The van der Waals surface area contributed by atoms with Crippen molar-refractivity contribution in [2.24, 2.45) is 17.3 Å². The summed E-state index contributed by atoms with van der Waals surface area (Å²) in [5.74, 6) is 2.10. The molecule has 2 atom stereocenters. The van der Waals surface area contributed by atoms with Crippen LogP contribution in [0.5, 0.6) is 0 Å². The Kier molecular flexibility index (Phi) is 5.83. The smallest absolute Gasteiger partial charge is 0.0276 e. The Labute approximate surface area is 144 Å². The molecule has 3 aliphatic carbocycles. The van der Waals surface area contributed by atoms with Crippen LogP contribution in [0.25, 0.3) is 0 Å². The topological polar surface area (TPSA) is 0 Å². The Morgan fingerprint density at radius 2 is 1.13 bits per heavy atom. The summed E-state index contributed by atoms with van der Waals surface area (Å²) >= 11 is 0. The van der Waals surface area contributed by atoms with Crippen LogP contribution in [0.3, 0.4) is 0 Å². The molecule has 128 valence electrons. The SMILES string of the molecule is CC1(C)C2CCCCCC1CCC2.c1ccc2c(c1)CCCC2. The quantitative estimate of drug-likeness (QED) is 0.486. The predicted octanol–water partition coefficient (Wildman–Crippen LogP) is 6.96. The summed E-state index contributed by atoms with van der Waals surface area (Å²) in [6, 6.07) is 8.80. The number of fused-ring (bicyclic) bond motifs is 3. The largest absolute Gasteiger partial charge is 0.0620 e. The number of hydrogen-bond acceptors (Lipinski definition) is 0. The van der Waals surface area contributed by atoms with E-state index in [-0.39, 0.29) is 0 Å². The lowest BCUT2D eigenvalue weighted by molar-refractivity contribution is 0.0360. The van der Waals surface area contributed by atoms with E-state index in [1.54, 1.807) is 11.1 Å². The van der Waals surface area contributed by atoms with Crippen LogP contribution in [-0.4, -0.2) is 0 Å². The molecule has 2 saturated carbocycles. The number of aryl methyl sites for hydroxylation is 2. The van der Waals surface area contributed by atoms with Gasteiger partial charge in [-0.15, -0.1) is 0 Å². The van der Waals surface area contributed by atoms with Crippen molar-refractivity contribution in [1.29, 1.82) is 0 Å². The van der Waals surface area contributed by atoms with Gasteiger partial charge >= 0.3 is 0 Å². The second-order valence-electron chi connectivity index (χ2n) is 8.76. The van der Waals surface area contributed by atoms with E-state index in [4.69, 9.17) is 0 Å². The third kappa shape index (κ3) is 4.20. The standard InChI is InChI=1S/C13H24.C10H12/c1-13(2)11-7-4-3-5-8-12(13)10-6-9-11;1-2-6-10-8-4-3-7-9(10)5-1/h11-12H,3-10H2,1-2H3;1-2,5-6H,3-4,7-8H2. The van der Waals surface area contributed by atoms with Crippen molar-refractivity contribution in [3.8, 4) is 0 Å². The first-order chi connectivity index (χ1) is 11.2. The minimum atomic E-state index is 0.665. The summed E-state index contributed by atoms with van der Waals surface area (Å²) < 4.78 is 0. The van der Waals surface area contributed by atoms with Crippen LogP contribution >= 0.6 is 0 Å². The molecule has 3 aliphatic rings. The monoisotopic (exact) mass is 312 g/mol. The van der Waals surface area contributed by atoms with Crippen LogP contribution in [0.15, 0.2) is 24.3 Å². The first-order valence-electron chi connectivity index (χ1n) is 10.2. The molecule has 4 rings (SSSR count). The van der Waals surface area contributed by atoms with Crippen LogP contribution in [0.1, 0.15) is 89.2 Å². The van der Waals surface area contributed by atoms with E-state index in [1.807, 2.05) is 0 Å². The average Bonchev–Trinajstić information content (AvgIpc) is 2.58. The Morgan fingerprint density at radius 3 is 1.65 bits per heavy atom. The lowest BCUT2D eigenvalue weighted by Gasteiger charge is -2.47. The van der Waals surface area contributed by atoms with Crippen molar-refractivity contribution in [3.05, 3.63) is 35.4 Å². The Bertz CT molecular complexity index is 444. The van der Waals surface area contributed by atoms with Crippen molar-refractivity contribution in [3.63, 3.8) is 0 Å². The third-order valence-electron chi connectivity index (χ3n) is 7.08. The number of rotatable bonds is 0. The molecule has 0 heteroatoms. The second-order valence-corrected chi connectivity index (χ2v) is 8.76. The van der Waals surface area contributed by atoms with Crippen molar-refractivity contribution in [2.45, 2.75) is 90.9 Å². The lowest BCUT2D eigenvalue weighted by Crippen LogP contribution is -2.37. The van der Waals surface area contributed by atoms with Crippen molar-refractivity contribution >= 4 is 0 Å². The van der Waals surface area contributed by atoms with Crippen LogP contribution < -0.4 is 0 Å². The molecule has 1 aromatic rings. The maximum atomic E-state index is 2.53. The van der Waals surface area contributed by atoms with E-state index in [2.05, 4.69) is 38.1 Å². The zero-order chi connectivity index (χ0) is 16.1. The summed E-state index contributed by atoms with van der Waals surface area (Å²) in [6.45, 7) is 5.07. The Balaban J connectivity index is 0.000000140. The van der Waals surface area contributed by atoms with Gasteiger partial charge in [-0.05, 0) is 79.7 Å². The molecule has 2 unspecified atom stereocenters. The van der Waals surface area contributed by atoms with Gasteiger partial charge in [0.25, 0.3) is 0 Å². The molecule has 1 aromatic carbocycles. The molecule has 0 spiro atoms. The van der Waals surface area contributed by atoms with E-state index in [0.717, 1.165) is 11.8 Å². The van der Waals surface area contributed by atoms with Crippen LogP contribution in [0, 0.1) is 17.3 Å². The summed E-state index contributed by atoms with van der Waals surface area (Å²) in [7, 11) is 0. The van der Waals surface area contributed by atoms with Crippen LogP contribution in [0.4, 0.5) is 0 Å². The van der Waals surface area contributed by atoms with E-state index < -0.39 is 0 Å². The highest BCUT2D eigenvalue weighted by atomic mass is 14.4. The molecule has 0 heterocycles. The normalized spacial score (nSPS) is 29.3. The minimum Gasteiger partial charge on any atom is -0.0620 e. The molecule has 0 radical (unpaired) electrons. The molecule has 0 amide bonds. The van der Waals surface area contributed by atoms with E-state index in [1.165, 1.54) is 77.0 Å². The summed E-state index contributed by atoms with van der Waals surface area (Å²) in [4.78, 5) is 0. The van der Waals surface area contributed by atoms with Crippen molar-refractivity contribution in [1.82, 2.24) is 0 Å². The Hall–Kier alpha value is -0.780. The molecule has 2 fully saturated rings. The molecular formula is C23H36. The summed E-state index contributed by atoms with van der Waals surface area (Å²) in [5.41, 5.74) is 3.82. The fraction of sp³-hybridized carbons (Fsp3) is 0.739. The highest BCUT2D eigenvalue weighted by molar-refractivity contribution is 5.28. The van der Waals surface area contributed by atoms with E-state index in [9.17, 15) is 0 Å². The van der Waals surface area contributed by atoms with Gasteiger partial charge in [0.1, 0.15) is 0 Å². The molecule has 0 aliphatic heterocycles. The van der Waals surface area contributed by atoms with Gasteiger partial charge in [-0.2, -0.15) is 0 Å². The molecule has 0 aromatic heterocycles. The molecular weight excluding hydrogens is 276 g/mol. The minimum absolute atomic E-state index is 0.665. The highest BCUT2D eigenvalue weighted by Crippen LogP contribution is 2.50.